The number of ether oxygens (including phenoxy) is 4. The summed E-state index contributed by atoms with van der Waals surface area (Å²) < 4.78 is 20.9. The quantitative estimate of drug-likeness (QED) is 0.180. The van der Waals surface area contributed by atoms with E-state index in [-0.39, 0.29) is 0 Å². The highest BCUT2D eigenvalue weighted by Gasteiger charge is 2.50. The Morgan fingerprint density at radius 2 is 1.29 bits per heavy atom. The Bertz CT molecular complexity index is 463. The molecule has 28 heavy (non-hydrogen) atoms. The van der Waals surface area contributed by atoms with Crippen molar-refractivity contribution in [1.29, 1.82) is 0 Å². The van der Waals surface area contributed by atoms with E-state index in [1.807, 2.05) is 0 Å². The van der Waals surface area contributed by atoms with Crippen molar-refractivity contribution in [3.63, 3.8) is 0 Å². The van der Waals surface area contributed by atoms with Gasteiger partial charge in [-0.2, -0.15) is 0 Å². The molecule has 0 aliphatic carbocycles. The third-order valence-electron chi connectivity index (χ3n) is 4.62. The van der Waals surface area contributed by atoms with Crippen molar-refractivity contribution in [3.05, 3.63) is 0 Å². The van der Waals surface area contributed by atoms with Crippen molar-refractivity contribution in [2.45, 2.75) is 67.5 Å². The van der Waals surface area contributed by atoms with Crippen LogP contribution < -0.4 is 0 Å². The van der Waals surface area contributed by atoms with Gasteiger partial charge in [-0.05, 0) is 0 Å². The topological polar surface area (TPSA) is 219 Å². The summed E-state index contributed by atoms with van der Waals surface area (Å²) in [7, 11) is 0. The molecule has 11 atom stereocenters. The maximum absolute atomic E-state index is 10.3. The number of hydrogen-bond donors (Lipinski definition) is 9. The molecule has 2 aliphatic heterocycles. The van der Waals surface area contributed by atoms with Crippen molar-refractivity contribution in [2.24, 2.45) is 0 Å². The molecular weight excluding hydrogens is 388 g/mol. The first-order chi connectivity index (χ1) is 13.2. The Hall–Kier alpha value is -0.520. The van der Waals surface area contributed by atoms with Crippen LogP contribution in [0, 0.1) is 0 Å². The lowest BCUT2D eigenvalue weighted by molar-refractivity contribution is -0.360. The standard InChI is InChI=1S/C15H28O13/c16-1-5(19)4-25-14-12(24)10(22)13(7(3-18)27-14)28-15-11(23)9(21)8(20)6(2-17)26-15/h5-24H,1-4H2/t5?,6-,7-,8+,9+,10-,11-,12-,13+,14+,15-/m1/s1. The van der Waals surface area contributed by atoms with E-state index >= 15 is 0 Å². The Kier molecular flexibility index (Phi) is 8.90. The first-order valence-corrected chi connectivity index (χ1v) is 8.74. The second-order valence-corrected chi connectivity index (χ2v) is 6.67. The van der Waals surface area contributed by atoms with Crippen LogP contribution in [-0.4, -0.2) is 140 Å². The van der Waals surface area contributed by atoms with Crippen LogP contribution in [0.15, 0.2) is 0 Å². The van der Waals surface area contributed by atoms with Gasteiger partial charge in [0.25, 0.3) is 0 Å². The van der Waals surface area contributed by atoms with Crippen LogP contribution in [0.2, 0.25) is 0 Å². The van der Waals surface area contributed by atoms with Crippen molar-refractivity contribution in [1.82, 2.24) is 0 Å². The van der Waals surface area contributed by atoms with Gasteiger partial charge in [-0.25, -0.2) is 0 Å². The summed E-state index contributed by atoms with van der Waals surface area (Å²) in [6.45, 7) is -2.41. The maximum atomic E-state index is 10.3. The van der Waals surface area contributed by atoms with E-state index in [1.54, 1.807) is 0 Å². The molecule has 1 unspecified atom stereocenters. The molecule has 9 N–H and O–H groups in total. The molecule has 0 aromatic heterocycles. The molecule has 0 radical (unpaired) electrons. The minimum atomic E-state index is -1.75. The lowest BCUT2D eigenvalue weighted by Gasteiger charge is -2.46. The lowest BCUT2D eigenvalue weighted by atomic mass is 9.97. The zero-order chi connectivity index (χ0) is 21.0. The molecule has 0 saturated carbocycles. The molecule has 13 heteroatoms. The summed E-state index contributed by atoms with van der Waals surface area (Å²) >= 11 is 0. The van der Waals surface area contributed by atoms with Gasteiger partial charge in [-0.1, -0.05) is 0 Å². The van der Waals surface area contributed by atoms with E-state index in [1.165, 1.54) is 0 Å². The normalized spacial score (nSPS) is 45.8. The van der Waals surface area contributed by atoms with E-state index in [4.69, 9.17) is 24.1 Å². The highest BCUT2D eigenvalue weighted by molar-refractivity contribution is 4.94. The molecule has 166 valence electrons. The van der Waals surface area contributed by atoms with Crippen LogP contribution >= 0.6 is 0 Å². The fraction of sp³-hybridized carbons (Fsp3) is 1.00. The van der Waals surface area contributed by atoms with Crippen LogP contribution in [0.25, 0.3) is 0 Å². The first kappa shape index (κ1) is 23.8. The van der Waals surface area contributed by atoms with Gasteiger partial charge in [0.2, 0.25) is 0 Å². The summed E-state index contributed by atoms with van der Waals surface area (Å²) in [6, 6.07) is 0. The molecule has 0 spiro atoms. The number of aliphatic hydroxyl groups excluding tert-OH is 9. The zero-order valence-corrected chi connectivity index (χ0v) is 14.8. The number of aliphatic hydroxyl groups is 9. The average molecular weight is 416 g/mol. The molecule has 0 amide bonds. The van der Waals surface area contributed by atoms with Crippen LogP contribution in [-0.2, 0) is 18.9 Å². The molecule has 2 rings (SSSR count). The summed E-state index contributed by atoms with van der Waals surface area (Å²) in [5, 5.41) is 86.9. The summed E-state index contributed by atoms with van der Waals surface area (Å²) in [5.74, 6) is 0. The summed E-state index contributed by atoms with van der Waals surface area (Å²) in [6.07, 6.45) is -16.7. The van der Waals surface area contributed by atoms with Gasteiger partial charge in [-0.15, -0.1) is 0 Å². The Morgan fingerprint density at radius 3 is 1.86 bits per heavy atom. The second kappa shape index (κ2) is 10.5. The number of hydrogen-bond acceptors (Lipinski definition) is 13. The molecule has 13 nitrogen and oxygen atoms in total. The predicted octanol–water partition coefficient (Wildman–Crippen LogP) is -6.02. The molecule has 0 bridgehead atoms. The largest absolute Gasteiger partial charge is 0.394 e. The summed E-state index contributed by atoms with van der Waals surface area (Å²) in [5.41, 5.74) is 0. The second-order valence-electron chi connectivity index (χ2n) is 6.67. The van der Waals surface area contributed by atoms with Crippen molar-refractivity contribution >= 4 is 0 Å². The number of rotatable bonds is 8. The van der Waals surface area contributed by atoms with Crippen LogP contribution in [0.1, 0.15) is 0 Å². The predicted molar refractivity (Wildman–Crippen MR) is 85.4 cm³/mol. The molecule has 0 aromatic carbocycles. The van der Waals surface area contributed by atoms with Crippen LogP contribution in [0.5, 0.6) is 0 Å². The molecule has 2 heterocycles. The SMILES string of the molecule is OCC(O)CO[C@H]1O[C@H](CO)[C@H](O[C@H]2O[C@H](CO)[C@H](O)[C@H](O)[C@H]2O)[C@H](O)[C@H]1O. The average Bonchev–Trinajstić information content (AvgIpc) is 2.70. The fourth-order valence-corrected chi connectivity index (χ4v) is 2.95. The van der Waals surface area contributed by atoms with E-state index in [0.717, 1.165) is 0 Å². The maximum Gasteiger partial charge on any atom is 0.187 e. The zero-order valence-electron chi connectivity index (χ0n) is 14.8. The third kappa shape index (κ3) is 5.14. The van der Waals surface area contributed by atoms with E-state index in [9.17, 15) is 40.9 Å². The highest BCUT2D eigenvalue weighted by atomic mass is 16.7. The molecule has 2 saturated heterocycles. The molecule has 0 aromatic rings. The van der Waals surface area contributed by atoms with Gasteiger partial charge in [0, 0.05) is 0 Å². The van der Waals surface area contributed by atoms with Crippen LogP contribution in [0.4, 0.5) is 0 Å². The van der Waals surface area contributed by atoms with Crippen molar-refractivity contribution in [2.75, 3.05) is 26.4 Å². The molecule has 2 aliphatic rings. The third-order valence-corrected chi connectivity index (χ3v) is 4.62. The van der Waals surface area contributed by atoms with E-state index < -0.39 is 93.9 Å². The Balaban J connectivity index is 2.06. The van der Waals surface area contributed by atoms with Crippen molar-refractivity contribution < 1.29 is 64.9 Å². The monoisotopic (exact) mass is 416 g/mol. The first-order valence-electron chi connectivity index (χ1n) is 8.74. The van der Waals surface area contributed by atoms with E-state index in [0.29, 0.717) is 0 Å². The fourth-order valence-electron chi connectivity index (χ4n) is 2.95. The van der Waals surface area contributed by atoms with Gasteiger partial charge in [-0.3, -0.25) is 0 Å². The smallest absolute Gasteiger partial charge is 0.187 e. The lowest BCUT2D eigenvalue weighted by Crippen LogP contribution is -2.64. The van der Waals surface area contributed by atoms with Gasteiger partial charge < -0.3 is 64.9 Å². The molecule has 2 fully saturated rings. The van der Waals surface area contributed by atoms with Gasteiger partial charge in [0.05, 0.1) is 26.4 Å². The van der Waals surface area contributed by atoms with Gasteiger partial charge >= 0.3 is 0 Å². The Labute approximate surface area is 159 Å². The Morgan fingerprint density at radius 1 is 0.714 bits per heavy atom. The van der Waals surface area contributed by atoms with Gasteiger partial charge in [0.1, 0.15) is 54.9 Å². The van der Waals surface area contributed by atoms with Gasteiger partial charge in [0.15, 0.2) is 12.6 Å². The van der Waals surface area contributed by atoms with Crippen LogP contribution in [0.3, 0.4) is 0 Å². The molecular formula is C15H28O13. The summed E-state index contributed by atoms with van der Waals surface area (Å²) in [4.78, 5) is 0. The van der Waals surface area contributed by atoms with E-state index in [2.05, 4.69) is 0 Å². The minimum Gasteiger partial charge on any atom is -0.394 e. The highest BCUT2D eigenvalue weighted by Crippen LogP contribution is 2.29. The van der Waals surface area contributed by atoms with Crippen molar-refractivity contribution in [3.8, 4) is 0 Å². The minimum absolute atomic E-state index is 0.415.